The molecule has 0 aliphatic heterocycles. The van der Waals surface area contributed by atoms with Crippen molar-refractivity contribution < 1.29 is 5.11 Å². The lowest BCUT2D eigenvalue weighted by atomic mass is 10.0. The van der Waals surface area contributed by atoms with Gasteiger partial charge in [0.15, 0.2) is 5.69 Å². The Morgan fingerprint density at radius 3 is 2.40 bits per heavy atom. The molecule has 1 heterocycles. The zero-order chi connectivity index (χ0) is 17.4. The van der Waals surface area contributed by atoms with E-state index in [1.165, 1.54) is 0 Å². The molecule has 3 nitrogen and oxygen atoms in total. The van der Waals surface area contributed by atoms with Crippen LogP contribution in [0.4, 0.5) is 5.69 Å². The minimum absolute atomic E-state index is 0.203. The Balaban J connectivity index is 1.83. The standard InChI is InChI=1S/C21H13ClN2O/c1-23-17-7-8-19-15(10-17)12-20(24-19)18-11-14(4-9-21(18)25)13-2-5-16(22)6-3-13/h2-12,24-25H. The smallest absolute Gasteiger partial charge is 0.187 e. The summed E-state index contributed by atoms with van der Waals surface area (Å²) in [5.74, 6) is 0.203. The van der Waals surface area contributed by atoms with Crippen molar-refractivity contribution >= 4 is 28.2 Å². The minimum atomic E-state index is 0.203. The number of H-pyrrole nitrogens is 1. The number of hydrogen-bond donors (Lipinski definition) is 2. The number of aromatic nitrogens is 1. The first kappa shape index (κ1) is 15.3. The van der Waals surface area contributed by atoms with Crippen molar-refractivity contribution in [3.63, 3.8) is 0 Å². The summed E-state index contributed by atoms with van der Waals surface area (Å²) in [6.07, 6.45) is 0. The van der Waals surface area contributed by atoms with Gasteiger partial charge >= 0.3 is 0 Å². The number of fused-ring (bicyclic) bond motifs is 1. The average molecular weight is 345 g/mol. The van der Waals surface area contributed by atoms with Crippen molar-refractivity contribution in [1.82, 2.24) is 4.98 Å². The van der Waals surface area contributed by atoms with Crippen LogP contribution in [0.15, 0.2) is 66.7 Å². The van der Waals surface area contributed by atoms with Gasteiger partial charge in [-0.05, 0) is 59.0 Å². The molecule has 120 valence electrons. The molecule has 0 fully saturated rings. The third-order valence-corrected chi connectivity index (χ3v) is 4.45. The van der Waals surface area contributed by atoms with E-state index in [2.05, 4.69) is 9.83 Å². The quantitative estimate of drug-likeness (QED) is 0.405. The Morgan fingerprint density at radius 2 is 1.64 bits per heavy atom. The predicted octanol–water partition coefficient (Wildman–Crippen LogP) is 6.41. The van der Waals surface area contributed by atoms with Crippen molar-refractivity contribution in [2.24, 2.45) is 0 Å². The molecule has 3 aromatic carbocycles. The Morgan fingerprint density at radius 1 is 0.880 bits per heavy atom. The van der Waals surface area contributed by atoms with Gasteiger partial charge < -0.3 is 10.1 Å². The van der Waals surface area contributed by atoms with Crippen LogP contribution in [0.25, 0.3) is 38.1 Å². The molecular formula is C21H13ClN2O. The third kappa shape index (κ3) is 2.84. The fourth-order valence-corrected chi connectivity index (χ4v) is 3.03. The van der Waals surface area contributed by atoms with E-state index in [9.17, 15) is 5.11 Å². The molecule has 0 unspecified atom stereocenters. The lowest BCUT2D eigenvalue weighted by molar-refractivity contribution is 0.477. The van der Waals surface area contributed by atoms with Gasteiger partial charge in [0.1, 0.15) is 5.75 Å². The molecule has 4 heteroatoms. The summed E-state index contributed by atoms with van der Waals surface area (Å²) in [4.78, 5) is 6.76. The number of phenolic OH excluding ortho intramolecular Hbond substituents is 1. The van der Waals surface area contributed by atoms with E-state index in [0.29, 0.717) is 16.3 Å². The molecule has 25 heavy (non-hydrogen) atoms. The molecule has 0 radical (unpaired) electrons. The summed E-state index contributed by atoms with van der Waals surface area (Å²) < 4.78 is 0. The van der Waals surface area contributed by atoms with E-state index in [-0.39, 0.29) is 5.75 Å². The van der Waals surface area contributed by atoms with Gasteiger partial charge in [0.25, 0.3) is 0 Å². The van der Waals surface area contributed by atoms with Gasteiger partial charge in [-0.15, -0.1) is 0 Å². The SMILES string of the molecule is [C-]#[N+]c1ccc2[nH]c(-c3cc(-c4ccc(Cl)cc4)ccc3O)cc2c1. The second-order valence-corrected chi connectivity index (χ2v) is 6.24. The van der Waals surface area contributed by atoms with Crippen LogP contribution in [0.5, 0.6) is 5.75 Å². The first-order valence-corrected chi connectivity index (χ1v) is 8.11. The number of hydrogen-bond acceptors (Lipinski definition) is 1. The van der Waals surface area contributed by atoms with Gasteiger partial charge in [-0.2, -0.15) is 0 Å². The number of nitrogens with one attached hydrogen (secondary N) is 1. The zero-order valence-electron chi connectivity index (χ0n) is 13.1. The first-order chi connectivity index (χ1) is 12.1. The summed E-state index contributed by atoms with van der Waals surface area (Å²) >= 11 is 5.96. The van der Waals surface area contributed by atoms with Crippen LogP contribution in [0.2, 0.25) is 5.02 Å². The van der Waals surface area contributed by atoms with E-state index >= 15 is 0 Å². The number of nitrogens with zero attached hydrogens (tertiary/aromatic N) is 1. The molecule has 4 aromatic rings. The Hall–Kier alpha value is -3.22. The minimum Gasteiger partial charge on any atom is -0.507 e. The van der Waals surface area contributed by atoms with Crippen molar-refractivity contribution in [3.8, 4) is 28.1 Å². The summed E-state index contributed by atoms with van der Waals surface area (Å²) in [6.45, 7) is 7.13. The molecule has 0 saturated carbocycles. The molecular weight excluding hydrogens is 332 g/mol. The van der Waals surface area contributed by atoms with E-state index < -0.39 is 0 Å². The number of benzene rings is 3. The summed E-state index contributed by atoms with van der Waals surface area (Å²) in [6, 6.07) is 20.5. The van der Waals surface area contributed by atoms with Crippen molar-refractivity contribution in [2.45, 2.75) is 0 Å². The highest BCUT2D eigenvalue weighted by molar-refractivity contribution is 6.30. The number of phenols is 1. The maximum absolute atomic E-state index is 10.3. The second kappa shape index (κ2) is 6.01. The largest absolute Gasteiger partial charge is 0.507 e. The molecule has 1 aromatic heterocycles. The first-order valence-electron chi connectivity index (χ1n) is 7.73. The molecule has 2 N–H and O–H groups in total. The predicted molar refractivity (Wildman–Crippen MR) is 102 cm³/mol. The molecule has 0 aliphatic rings. The molecule has 0 saturated heterocycles. The van der Waals surface area contributed by atoms with Crippen LogP contribution in [0.1, 0.15) is 0 Å². The Labute approximate surface area is 150 Å². The van der Waals surface area contributed by atoms with E-state index in [1.807, 2.05) is 54.6 Å². The highest BCUT2D eigenvalue weighted by Gasteiger charge is 2.10. The van der Waals surface area contributed by atoms with Crippen LogP contribution < -0.4 is 0 Å². The number of aromatic hydroxyl groups is 1. The molecule has 0 aliphatic carbocycles. The summed E-state index contributed by atoms with van der Waals surface area (Å²) in [7, 11) is 0. The average Bonchev–Trinajstić information content (AvgIpc) is 3.05. The molecule has 4 rings (SSSR count). The van der Waals surface area contributed by atoms with Gasteiger partial charge in [-0.25, -0.2) is 4.85 Å². The fourth-order valence-electron chi connectivity index (χ4n) is 2.91. The normalized spacial score (nSPS) is 10.7. The molecule has 0 spiro atoms. The lowest BCUT2D eigenvalue weighted by Crippen LogP contribution is -1.83. The summed E-state index contributed by atoms with van der Waals surface area (Å²) in [5.41, 5.74) is 5.07. The van der Waals surface area contributed by atoms with E-state index in [1.54, 1.807) is 12.1 Å². The van der Waals surface area contributed by atoms with Gasteiger partial charge in [0, 0.05) is 16.1 Å². The number of aromatic amines is 1. The highest BCUT2D eigenvalue weighted by atomic mass is 35.5. The fraction of sp³-hybridized carbons (Fsp3) is 0. The van der Waals surface area contributed by atoms with Crippen molar-refractivity contribution in [1.29, 1.82) is 0 Å². The van der Waals surface area contributed by atoms with E-state index in [4.69, 9.17) is 18.2 Å². The molecule has 0 amide bonds. The zero-order valence-corrected chi connectivity index (χ0v) is 13.9. The van der Waals surface area contributed by atoms with Crippen LogP contribution in [0.3, 0.4) is 0 Å². The topological polar surface area (TPSA) is 40.4 Å². The monoisotopic (exact) mass is 344 g/mol. The lowest BCUT2D eigenvalue weighted by Gasteiger charge is -2.07. The van der Waals surface area contributed by atoms with Crippen LogP contribution in [-0.4, -0.2) is 10.1 Å². The molecule has 0 atom stereocenters. The summed E-state index contributed by atoms with van der Waals surface area (Å²) in [5, 5.41) is 11.9. The van der Waals surface area contributed by atoms with Gasteiger partial charge in [0.05, 0.1) is 12.3 Å². The molecule has 0 bridgehead atoms. The maximum Gasteiger partial charge on any atom is 0.187 e. The number of rotatable bonds is 2. The van der Waals surface area contributed by atoms with Crippen LogP contribution in [0, 0.1) is 6.57 Å². The van der Waals surface area contributed by atoms with Gasteiger partial charge in [-0.1, -0.05) is 35.9 Å². The second-order valence-electron chi connectivity index (χ2n) is 5.81. The van der Waals surface area contributed by atoms with Crippen molar-refractivity contribution in [3.05, 3.63) is 83.2 Å². The number of halogens is 1. The highest BCUT2D eigenvalue weighted by Crippen LogP contribution is 2.35. The maximum atomic E-state index is 10.3. The third-order valence-electron chi connectivity index (χ3n) is 4.20. The van der Waals surface area contributed by atoms with Crippen LogP contribution >= 0.6 is 11.6 Å². The van der Waals surface area contributed by atoms with Gasteiger partial charge in [-0.3, -0.25) is 0 Å². The van der Waals surface area contributed by atoms with Gasteiger partial charge in [0.2, 0.25) is 0 Å². The van der Waals surface area contributed by atoms with Crippen molar-refractivity contribution in [2.75, 3.05) is 0 Å². The van der Waals surface area contributed by atoms with Crippen LogP contribution in [-0.2, 0) is 0 Å². The Kier molecular flexibility index (Phi) is 3.68. The Bertz CT molecular complexity index is 1120. The van der Waals surface area contributed by atoms with E-state index in [0.717, 1.165) is 27.7 Å².